The minimum absolute atomic E-state index is 0.377. The number of benzene rings is 1. The van der Waals surface area contributed by atoms with E-state index in [4.69, 9.17) is 0 Å². The lowest BCUT2D eigenvalue weighted by atomic mass is 10.1. The number of hydrogen-bond acceptors (Lipinski definition) is 4. The second-order valence-electron chi connectivity index (χ2n) is 5.06. The highest BCUT2D eigenvalue weighted by atomic mass is 19.2. The molecule has 114 valence electrons. The molecule has 0 aliphatic heterocycles. The van der Waals surface area contributed by atoms with Gasteiger partial charge in [-0.25, -0.2) is 18.7 Å². The normalized spacial score (nSPS) is 11.0. The third-order valence-corrected chi connectivity index (χ3v) is 3.53. The molecule has 1 aromatic carbocycles. The first-order valence-corrected chi connectivity index (χ1v) is 6.97. The third-order valence-electron chi connectivity index (χ3n) is 3.53. The Labute approximate surface area is 125 Å². The van der Waals surface area contributed by atoms with Crippen LogP contribution in [0.1, 0.15) is 17.7 Å². The fourth-order valence-corrected chi connectivity index (χ4v) is 2.31. The molecular weight excluding hydrogens is 288 g/mol. The molecule has 0 radical (unpaired) electrons. The number of nitrogens with one attached hydrogen (secondary N) is 2. The maximum Gasteiger partial charge on any atom is 0.161 e. The standard InChI is InChI=1S/C15H15F2N5/c1-9-10(7-21-22-9)3-2-4-18-15-11-5-12(16)13(17)6-14(11)19-8-20-15/h5-8H,2-4H2,1H3,(H,21,22)(H,18,19,20). The van der Waals surface area contributed by atoms with E-state index in [0.29, 0.717) is 23.3 Å². The average molecular weight is 303 g/mol. The van der Waals surface area contributed by atoms with Crippen LogP contribution in [-0.4, -0.2) is 26.7 Å². The molecule has 2 heterocycles. The van der Waals surface area contributed by atoms with Crippen molar-refractivity contribution >= 4 is 16.7 Å². The van der Waals surface area contributed by atoms with Crippen LogP contribution in [-0.2, 0) is 6.42 Å². The zero-order chi connectivity index (χ0) is 15.5. The highest BCUT2D eigenvalue weighted by Gasteiger charge is 2.09. The molecule has 7 heteroatoms. The number of nitrogens with zero attached hydrogens (tertiary/aromatic N) is 3. The summed E-state index contributed by atoms with van der Waals surface area (Å²) in [6.07, 6.45) is 4.90. The zero-order valence-corrected chi connectivity index (χ0v) is 12.0. The molecule has 0 aliphatic rings. The Morgan fingerprint density at radius 2 is 2.00 bits per heavy atom. The number of aromatic amines is 1. The fourth-order valence-electron chi connectivity index (χ4n) is 2.31. The predicted molar refractivity (Wildman–Crippen MR) is 79.6 cm³/mol. The SMILES string of the molecule is Cc1[nH]ncc1CCCNc1ncnc2cc(F)c(F)cc12. The van der Waals surface area contributed by atoms with Gasteiger partial charge in [-0.05, 0) is 31.4 Å². The summed E-state index contributed by atoms with van der Waals surface area (Å²) in [5, 5.41) is 10.5. The van der Waals surface area contributed by atoms with E-state index in [-0.39, 0.29) is 0 Å². The van der Waals surface area contributed by atoms with Crippen LogP contribution >= 0.6 is 0 Å². The van der Waals surface area contributed by atoms with Gasteiger partial charge in [-0.1, -0.05) is 0 Å². The van der Waals surface area contributed by atoms with Crippen LogP contribution in [0.15, 0.2) is 24.7 Å². The Morgan fingerprint density at radius 3 is 2.77 bits per heavy atom. The number of fused-ring (bicyclic) bond motifs is 1. The number of aromatic nitrogens is 4. The molecule has 2 aromatic heterocycles. The van der Waals surface area contributed by atoms with Gasteiger partial charge in [-0.3, -0.25) is 5.10 Å². The van der Waals surface area contributed by atoms with Gasteiger partial charge in [0, 0.05) is 23.7 Å². The molecule has 5 nitrogen and oxygen atoms in total. The van der Waals surface area contributed by atoms with Gasteiger partial charge < -0.3 is 5.32 Å². The highest BCUT2D eigenvalue weighted by Crippen LogP contribution is 2.22. The average Bonchev–Trinajstić information content (AvgIpc) is 2.90. The largest absolute Gasteiger partial charge is 0.369 e. The van der Waals surface area contributed by atoms with Crippen LogP contribution in [0.4, 0.5) is 14.6 Å². The maximum absolute atomic E-state index is 13.4. The molecule has 0 unspecified atom stereocenters. The quantitative estimate of drug-likeness (QED) is 0.711. The Morgan fingerprint density at radius 1 is 1.18 bits per heavy atom. The molecule has 3 rings (SSSR count). The number of halogens is 2. The molecule has 3 aromatic rings. The fraction of sp³-hybridized carbons (Fsp3) is 0.267. The van der Waals surface area contributed by atoms with Crippen molar-refractivity contribution in [1.82, 2.24) is 20.2 Å². The predicted octanol–water partition coefficient (Wildman–Crippen LogP) is 2.98. The lowest BCUT2D eigenvalue weighted by Gasteiger charge is -2.08. The van der Waals surface area contributed by atoms with Crippen LogP contribution in [0.3, 0.4) is 0 Å². The molecule has 0 saturated heterocycles. The minimum Gasteiger partial charge on any atom is -0.369 e. The van der Waals surface area contributed by atoms with Gasteiger partial charge in [0.15, 0.2) is 11.6 Å². The summed E-state index contributed by atoms with van der Waals surface area (Å²) in [4.78, 5) is 8.05. The maximum atomic E-state index is 13.4. The summed E-state index contributed by atoms with van der Waals surface area (Å²) in [6, 6.07) is 2.19. The van der Waals surface area contributed by atoms with Crippen LogP contribution < -0.4 is 5.32 Å². The smallest absolute Gasteiger partial charge is 0.161 e. The van der Waals surface area contributed by atoms with Crippen LogP contribution in [0.2, 0.25) is 0 Å². The van der Waals surface area contributed by atoms with Crippen LogP contribution in [0.5, 0.6) is 0 Å². The summed E-state index contributed by atoms with van der Waals surface area (Å²) < 4.78 is 26.6. The molecular formula is C15H15F2N5. The van der Waals surface area contributed by atoms with Gasteiger partial charge in [-0.15, -0.1) is 0 Å². The van der Waals surface area contributed by atoms with Crippen molar-refractivity contribution in [3.63, 3.8) is 0 Å². The van der Waals surface area contributed by atoms with Gasteiger partial charge in [0.1, 0.15) is 12.1 Å². The van der Waals surface area contributed by atoms with E-state index in [1.165, 1.54) is 11.9 Å². The van der Waals surface area contributed by atoms with Crippen molar-refractivity contribution in [3.05, 3.63) is 47.5 Å². The zero-order valence-electron chi connectivity index (χ0n) is 12.0. The molecule has 0 saturated carbocycles. The molecule has 22 heavy (non-hydrogen) atoms. The van der Waals surface area contributed by atoms with Crippen molar-refractivity contribution in [2.45, 2.75) is 19.8 Å². The summed E-state index contributed by atoms with van der Waals surface area (Å²) in [5.41, 5.74) is 2.61. The van der Waals surface area contributed by atoms with E-state index < -0.39 is 11.6 Å². The second kappa shape index (κ2) is 6.05. The van der Waals surface area contributed by atoms with E-state index >= 15 is 0 Å². The topological polar surface area (TPSA) is 66.5 Å². The number of aryl methyl sites for hydroxylation is 2. The molecule has 0 atom stereocenters. The van der Waals surface area contributed by atoms with E-state index in [2.05, 4.69) is 25.5 Å². The van der Waals surface area contributed by atoms with Gasteiger partial charge in [0.25, 0.3) is 0 Å². The second-order valence-corrected chi connectivity index (χ2v) is 5.06. The van der Waals surface area contributed by atoms with Gasteiger partial charge >= 0.3 is 0 Å². The van der Waals surface area contributed by atoms with Crippen molar-refractivity contribution in [2.75, 3.05) is 11.9 Å². The minimum atomic E-state index is -0.910. The van der Waals surface area contributed by atoms with Crippen LogP contribution in [0, 0.1) is 18.6 Å². The first kappa shape index (κ1) is 14.4. The van der Waals surface area contributed by atoms with Crippen molar-refractivity contribution in [2.24, 2.45) is 0 Å². The van der Waals surface area contributed by atoms with E-state index in [9.17, 15) is 8.78 Å². The Balaban J connectivity index is 1.69. The summed E-state index contributed by atoms with van der Waals surface area (Å²) in [7, 11) is 0. The Kier molecular flexibility index (Phi) is 3.95. The number of H-pyrrole nitrogens is 1. The lowest BCUT2D eigenvalue weighted by Crippen LogP contribution is -2.06. The molecule has 0 fully saturated rings. The van der Waals surface area contributed by atoms with Crippen LogP contribution in [0.25, 0.3) is 10.9 Å². The molecule has 0 amide bonds. The summed E-state index contributed by atoms with van der Waals surface area (Å²) in [6.45, 7) is 2.64. The van der Waals surface area contributed by atoms with E-state index in [1.807, 2.05) is 13.1 Å². The molecule has 2 N–H and O–H groups in total. The first-order valence-electron chi connectivity index (χ1n) is 6.97. The highest BCUT2D eigenvalue weighted by molar-refractivity contribution is 5.88. The van der Waals surface area contributed by atoms with E-state index in [0.717, 1.165) is 30.7 Å². The third kappa shape index (κ3) is 2.88. The molecule has 0 spiro atoms. The Hall–Kier alpha value is -2.57. The van der Waals surface area contributed by atoms with Crippen molar-refractivity contribution in [3.8, 4) is 0 Å². The van der Waals surface area contributed by atoms with Gasteiger partial charge in [-0.2, -0.15) is 5.10 Å². The summed E-state index contributed by atoms with van der Waals surface area (Å²) in [5.74, 6) is -1.31. The van der Waals surface area contributed by atoms with Crippen molar-refractivity contribution < 1.29 is 8.78 Å². The first-order chi connectivity index (χ1) is 10.6. The van der Waals surface area contributed by atoms with Gasteiger partial charge in [0.2, 0.25) is 0 Å². The number of hydrogen-bond donors (Lipinski definition) is 2. The number of anilines is 1. The van der Waals surface area contributed by atoms with E-state index in [1.54, 1.807) is 0 Å². The molecule has 0 bridgehead atoms. The van der Waals surface area contributed by atoms with Crippen molar-refractivity contribution in [1.29, 1.82) is 0 Å². The lowest BCUT2D eigenvalue weighted by molar-refractivity contribution is 0.510. The molecule has 0 aliphatic carbocycles. The van der Waals surface area contributed by atoms with Gasteiger partial charge in [0.05, 0.1) is 11.7 Å². The number of rotatable bonds is 5. The monoisotopic (exact) mass is 303 g/mol. The Bertz CT molecular complexity index is 800. The summed E-state index contributed by atoms with van der Waals surface area (Å²) >= 11 is 0.